The largest absolute Gasteiger partial charge is 0.467 e. The van der Waals surface area contributed by atoms with Crippen LogP contribution in [0.15, 0.2) is 53.1 Å². The first-order valence-corrected chi connectivity index (χ1v) is 9.87. The number of aromatic nitrogens is 4. The smallest absolute Gasteiger partial charge is 0.231 e. The summed E-state index contributed by atoms with van der Waals surface area (Å²) in [6.07, 6.45) is 2.27. The second kappa shape index (κ2) is 8.34. The summed E-state index contributed by atoms with van der Waals surface area (Å²) in [5.41, 5.74) is 1.67. The van der Waals surface area contributed by atoms with Crippen LogP contribution in [0.2, 0.25) is 0 Å². The summed E-state index contributed by atoms with van der Waals surface area (Å²) in [4.78, 5) is 12.1. The molecule has 1 aliphatic heterocycles. The molecule has 0 spiro atoms. The van der Waals surface area contributed by atoms with Crippen molar-refractivity contribution in [2.75, 3.05) is 12.1 Å². The molecule has 4 aromatic rings. The number of fused-ring (bicyclic) bond motifs is 2. The van der Waals surface area contributed by atoms with Crippen molar-refractivity contribution in [3.05, 3.63) is 65.9 Å². The minimum Gasteiger partial charge on any atom is -0.467 e. The van der Waals surface area contributed by atoms with E-state index >= 15 is 0 Å². The fraction of sp³-hybridized carbons (Fsp3) is 0.238. The van der Waals surface area contributed by atoms with Crippen molar-refractivity contribution < 1.29 is 18.7 Å². The van der Waals surface area contributed by atoms with Gasteiger partial charge in [0.2, 0.25) is 12.7 Å². The van der Waals surface area contributed by atoms with Crippen LogP contribution >= 0.6 is 0 Å². The van der Waals surface area contributed by atoms with Gasteiger partial charge in [0.15, 0.2) is 23.0 Å². The van der Waals surface area contributed by atoms with Crippen molar-refractivity contribution in [2.45, 2.75) is 25.9 Å². The van der Waals surface area contributed by atoms with Gasteiger partial charge in [-0.25, -0.2) is 0 Å². The number of hydrogen-bond donors (Lipinski definition) is 2. The molecule has 0 saturated carbocycles. The van der Waals surface area contributed by atoms with Gasteiger partial charge in [0.05, 0.1) is 12.8 Å². The van der Waals surface area contributed by atoms with Crippen LogP contribution in [0.4, 0.5) is 5.82 Å². The molecule has 4 heterocycles. The predicted molar refractivity (Wildman–Crippen MR) is 110 cm³/mol. The maximum Gasteiger partial charge on any atom is 0.231 e. The van der Waals surface area contributed by atoms with Gasteiger partial charge in [-0.15, -0.1) is 15.3 Å². The minimum atomic E-state index is -0.0924. The van der Waals surface area contributed by atoms with Crippen molar-refractivity contribution >= 4 is 17.4 Å². The first-order chi connectivity index (χ1) is 15.2. The van der Waals surface area contributed by atoms with E-state index in [-0.39, 0.29) is 19.1 Å². The van der Waals surface area contributed by atoms with Gasteiger partial charge in [0.25, 0.3) is 0 Å². The third kappa shape index (κ3) is 4.27. The van der Waals surface area contributed by atoms with E-state index in [2.05, 4.69) is 25.9 Å². The number of benzene rings is 1. The average Bonchev–Trinajstić information content (AvgIpc) is 3.55. The summed E-state index contributed by atoms with van der Waals surface area (Å²) in [7, 11) is 0. The molecule has 0 radical (unpaired) electrons. The molecule has 1 amide bonds. The Morgan fingerprint density at radius 2 is 2.00 bits per heavy atom. The Balaban J connectivity index is 1.20. The van der Waals surface area contributed by atoms with E-state index in [1.807, 2.05) is 36.4 Å². The quantitative estimate of drug-likeness (QED) is 0.446. The zero-order valence-corrected chi connectivity index (χ0v) is 16.6. The highest BCUT2D eigenvalue weighted by Gasteiger charge is 2.14. The highest BCUT2D eigenvalue weighted by molar-refractivity contribution is 5.76. The lowest BCUT2D eigenvalue weighted by molar-refractivity contribution is -0.121. The van der Waals surface area contributed by atoms with Crippen molar-refractivity contribution in [3.8, 4) is 11.5 Å². The van der Waals surface area contributed by atoms with Gasteiger partial charge in [-0.2, -0.15) is 4.52 Å². The number of nitrogens with one attached hydrogen (secondary N) is 2. The number of aryl methyl sites for hydroxylation is 1. The fourth-order valence-electron chi connectivity index (χ4n) is 3.24. The molecule has 0 unspecified atom stereocenters. The van der Waals surface area contributed by atoms with E-state index in [1.165, 1.54) is 0 Å². The molecule has 2 N–H and O–H groups in total. The SMILES string of the molecule is O=C(CCc1nnc2ccc(NCc3ccc4c(c3)OCO4)nn12)NCc1ccco1. The van der Waals surface area contributed by atoms with Crippen LogP contribution in [0.1, 0.15) is 23.6 Å². The van der Waals surface area contributed by atoms with Crippen molar-refractivity contribution in [1.82, 2.24) is 25.1 Å². The topological polar surface area (TPSA) is 116 Å². The van der Waals surface area contributed by atoms with E-state index < -0.39 is 0 Å². The van der Waals surface area contributed by atoms with Gasteiger partial charge in [-0.1, -0.05) is 6.07 Å². The monoisotopic (exact) mass is 420 g/mol. The number of furan rings is 1. The summed E-state index contributed by atoms with van der Waals surface area (Å²) in [5.74, 6) is 3.41. The van der Waals surface area contributed by atoms with Crippen LogP contribution in [0.3, 0.4) is 0 Å². The van der Waals surface area contributed by atoms with E-state index in [9.17, 15) is 4.79 Å². The Bertz CT molecular complexity index is 1200. The number of hydrogen-bond acceptors (Lipinski definition) is 8. The molecule has 158 valence electrons. The van der Waals surface area contributed by atoms with Crippen molar-refractivity contribution in [3.63, 3.8) is 0 Å². The molecule has 31 heavy (non-hydrogen) atoms. The highest BCUT2D eigenvalue weighted by Crippen LogP contribution is 2.32. The third-order valence-electron chi connectivity index (χ3n) is 4.85. The van der Waals surface area contributed by atoms with E-state index in [1.54, 1.807) is 16.8 Å². The molecule has 0 fully saturated rings. The van der Waals surface area contributed by atoms with Crippen LogP contribution in [0.5, 0.6) is 11.5 Å². The molecule has 1 aromatic carbocycles. The predicted octanol–water partition coefficient (Wildman–Crippen LogP) is 2.31. The number of nitrogens with zero attached hydrogens (tertiary/aromatic N) is 4. The number of rotatable bonds is 8. The number of ether oxygens (including phenoxy) is 2. The Hall–Kier alpha value is -4.08. The van der Waals surface area contributed by atoms with Crippen LogP contribution in [0, 0.1) is 0 Å². The van der Waals surface area contributed by atoms with Gasteiger partial charge in [0, 0.05) is 19.4 Å². The number of carbonyl (C=O) groups excluding carboxylic acids is 1. The zero-order chi connectivity index (χ0) is 21.0. The second-order valence-corrected chi connectivity index (χ2v) is 7.00. The molecule has 10 heteroatoms. The first-order valence-electron chi connectivity index (χ1n) is 9.87. The maximum absolute atomic E-state index is 12.1. The minimum absolute atomic E-state index is 0.0924. The van der Waals surface area contributed by atoms with Crippen molar-refractivity contribution in [1.29, 1.82) is 0 Å². The third-order valence-corrected chi connectivity index (χ3v) is 4.85. The van der Waals surface area contributed by atoms with Crippen LogP contribution < -0.4 is 20.1 Å². The molecule has 10 nitrogen and oxygen atoms in total. The van der Waals surface area contributed by atoms with E-state index in [0.29, 0.717) is 42.6 Å². The number of carbonyl (C=O) groups is 1. The molecule has 0 aliphatic carbocycles. The molecule has 0 atom stereocenters. The zero-order valence-electron chi connectivity index (χ0n) is 16.6. The Morgan fingerprint density at radius 3 is 2.90 bits per heavy atom. The molecule has 0 saturated heterocycles. The Labute approximate surface area is 177 Å². The van der Waals surface area contributed by atoms with Crippen LogP contribution in [-0.4, -0.2) is 32.5 Å². The molecule has 0 bridgehead atoms. The number of amides is 1. The number of anilines is 1. The van der Waals surface area contributed by atoms with Gasteiger partial charge in [0.1, 0.15) is 11.6 Å². The lowest BCUT2D eigenvalue weighted by Crippen LogP contribution is -2.23. The van der Waals surface area contributed by atoms with Crippen molar-refractivity contribution in [2.24, 2.45) is 0 Å². The van der Waals surface area contributed by atoms with Gasteiger partial charge >= 0.3 is 0 Å². The van der Waals surface area contributed by atoms with Crippen LogP contribution in [0.25, 0.3) is 5.65 Å². The normalized spacial score (nSPS) is 12.3. The average molecular weight is 420 g/mol. The van der Waals surface area contributed by atoms with Gasteiger partial charge in [-0.3, -0.25) is 4.79 Å². The summed E-state index contributed by atoms with van der Waals surface area (Å²) >= 11 is 0. The molecular formula is C21H20N6O4. The molecule has 1 aliphatic rings. The van der Waals surface area contributed by atoms with Gasteiger partial charge < -0.3 is 24.5 Å². The van der Waals surface area contributed by atoms with E-state index in [0.717, 1.165) is 17.1 Å². The summed E-state index contributed by atoms with van der Waals surface area (Å²) in [6.45, 7) is 1.18. The summed E-state index contributed by atoms with van der Waals surface area (Å²) < 4.78 is 17.6. The molecule has 5 rings (SSSR count). The Morgan fingerprint density at radius 1 is 1.06 bits per heavy atom. The molecule has 3 aromatic heterocycles. The first kappa shape index (κ1) is 18.9. The lowest BCUT2D eigenvalue weighted by Gasteiger charge is -2.07. The standard InChI is InChI=1S/C21H20N6O4/c28-21(23-12-15-2-1-9-29-15)8-7-20-25-24-19-6-5-18(26-27(19)20)22-11-14-3-4-16-17(10-14)31-13-30-16/h1-6,9-10H,7-8,11-13H2,(H,22,26)(H,23,28). The van der Waals surface area contributed by atoms with Crippen LogP contribution in [-0.2, 0) is 24.3 Å². The summed E-state index contributed by atoms with van der Waals surface area (Å²) in [6, 6.07) is 13.1. The second-order valence-electron chi connectivity index (χ2n) is 7.00. The molecular weight excluding hydrogens is 400 g/mol. The summed E-state index contributed by atoms with van der Waals surface area (Å²) in [5, 5.41) is 19.0. The maximum atomic E-state index is 12.1. The fourth-order valence-corrected chi connectivity index (χ4v) is 3.24. The lowest BCUT2D eigenvalue weighted by atomic mass is 10.2. The highest BCUT2D eigenvalue weighted by atomic mass is 16.7. The van der Waals surface area contributed by atoms with E-state index in [4.69, 9.17) is 13.9 Å². The Kier molecular flexibility index (Phi) is 5.09. The van der Waals surface area contributed by atoms with Gasteiger partial charge in [-0.05, 0) is 42.0 Å².